The standard InChI is InChI=1S/C12H12F3NO3S/c1-6(11(17)18-2)19-9-4-3-7(10(16)20)5-8(9)12(13,14)15/h3-6H,1-2H3,(H2,16,20). The third-order valence-electron chi connectivity index (χ3n) is 2.41. The normalized spacial score (nSPS) is 12.7. The largest absolute Gasteiger partial charge is 0.478 e. The molecule has 0 aliphatic rings. The van der Waals surface area contributed by atoms with Crippen molar-refractivity contribution < 1.29 is 27.4 Å². The van der Waals surface area contributed by atoms with Crippen LogP contribution in [0.15, 0.2) is 18.2 Å². The van der Waals surface area contributed by atoms with Crippen LogP contribution in [-0.2, 0) is 15.7 Å². The van der Waals surface area contributed by atoms with Gasteiger partial charge in [0, 0.05) is 5.56 Å². The highest BCUT2D eigenvalue weighted by atomic mass is 32.1. The van der Waals surface area contributed by atoms with Crippen molar-refractivity contribution in [3.8, 4) is 5.75 Å². The molecule has 20 heavy (non-hydrogen) atoms. The van der Waals surface area contributed by atoms with Gasteiger partial charge in [-0.15, -0.1) is 0 Å². The van der Waals surface area contributed by atoms with Gasteiger partial charge in [0.1, 0.15) is 10.7 Å². The van der Waals surface area contributed by atoms with Gasteiger partial charge in [-0.2, -0.15) is 13.2 Å². The molecule has 0 radical (unpaired) electrons. The molecule has 0 amide bonds. The van der Waals surface area contributed by atoms with E-state index in [1.165, 1.54) is 13.0 Å². The van der Waals surface area contributed by atoms with Crippen molar-refractivity contribution in [1.29, 1.82) is 0 Å². The van der Waals surface area contributed by atoms with Crippen LogP contribution in [0.1, 0.15) is 18.1 Å². The molecule has 0 heterocycles. The quantitative estimate of drug-likeness (QED) is 0.683. The van der Waals surface area contributed by atoms with Crippen LogP contribution in [0.5, 0.6) is 5.75 Å². The third-order valence-corrected chi connectivity index (χ3v) is 2.64. The van der Waals surface area contributed by atoms with E-state index < -0.39 is 29.6 Å². The Balaban J connectivity index is 3.19. The van der Waals surface area contributed by atoms with Gasteiger partial charge in [-0.1, -0.05) is 12.2 Å². The molecule has 0 spiro atoms. The summed E-state index contributed by atoms with van der Waals surface area (Å²) in [7, 11) is 1.11. The fourth-order valence-corrected chi connectivity index (χ4v) is 1.54. The molecule has 0 aromatic heterocycles. The Kier molecular flexibility index (Phi) is 4.93. The zero-order valence-corrected chi connectivity index (χ0v) is 11.5. The number of hydrogen-bond acceptors (Lipinski definition) is 4. The van der Waals surface area contributed by atoms with Gasteiger partial charge in [-0.25, -0.2) is 4.79 Å². The van der Waals surface area contributed by atoms with E-state index in [-0.39, 0.29) is 10.6 Å². The number of ether oxygens (including phenoxy) is 2. The number of benzene rings is 1. The number of hydrogen-bond donors (Lipinski definition) is 1. The van der Waals surface area contributed by atoms with Gasteiger partial charge in [0.25, 0.3) is 0 Å². The first-order valence-electron chi connectivity index (χ1n) is 5.42. The van der Waals surface area contributed by atoms with Gasteiger partial charge >= 0.3 is 12.1 Å². The molecule has 0 saturated carbocycles. The van der Waals surface area contributed by atoms with Crippen molar-refractivity contribution >= 4 is 23.2 Å². The molecule has 110 valence electrons. The molecule has 0 bridgehead atoms. The lowest BCUT2D eigenvalue weighted by atomic mass is 10.1. The second-order valence-electron chi connectivity index (χ2n) is 3.86. The van der Waals surface area contributed by atoms with E-state index in [9.17, 15) is 18.0 Å². The second-order valence-corrected chi connectivity index (χ2v) is 4.30. The maximum absolute atomic E-state index is 12.9. The van der Waals surface area contributed by atoms with E-state index in [1.54, 1.807) is 0 Å². The Morgan fingerprint density at radius 2 is 2.00 bits per heavy atom. The van der Waals surface area contributed by atoms with Crippen LogP contribution in [0, 0.1) is 0 Å². The summed E-state index contributed by atoms with van der Waals surface area (Å²) in [6.07, 6.45) is -5.83. The predicted molar refractivity (Wildman–Crippen MR) is 69.4 cm³/mol. The minimum Gasteiger partial charge on any atom is -0.478 e. The Hall–Kier alpha value is -1.83. The van der Waals surface area contributed by atoms with Gasteiger partial charge in [-0.3, -0.25) is 0 Å². The number of methoxy groups -OCH3 is 1. The number of alkyl halides is 3. The predicted octanol–water partition coefficient (Wildman–Crippen LogP) is 2.28. The maximum Gasteiger partial charge on any atom is 0.419 e. The molecule has 0 fully saturated rings. The van der Waals surface area contributed by atoms with Crippen LogP contribution in [0.3, 0.4) is 0 Å². The topological polar surface area (TPSA) is 61.5 Å². The first kappa shape index (κ1) is 16.2. The monoisotopic (exact) mass is 307 g/mol. The van der Waals surface area contributed by atoms with Gasteiger partial charge in [0.2, 0.25) is 0 Å². The maximum atomic E-state index is 12.9. The summed E-state index contributed by atoms with van der Waals surface area (Å²) in [6.45, 7) is 1.29. The van der Waals surface area contributed by atoms with E-state index in [1.807, 2.05) is 0 Å². The molecular weight excluding hydrogens is 295 g/mol. The third kappa shape index (κ3) is 3.83. The van der Waals surface area contributed by atoms with E-state index >= 15 is 0 Å². The minimum absolute atomic E-state index is 0.0606. The zero-order valence-electron chi connectivity index (χ0n) is 10.7. The molecule has 1 aromatic carbocycles. The van der Waals surface area contributed by atoms with Gasteiger partial charge < -0.3 is 15.2 Å². The number of carbonyl (C=O) groups excluding carboxylic acids is 1. The molecule has 1 aromatic rings. The van der Waals surface area contributed by atoms with Crippen molar-refractivity contribution in [2.45, 2.75) is 19.2 Å². The molecule has 0 aliphatic heterocycles. The van der Waals surface area contributed by atoms with Gasteiger partial charge in [0.15, 0.2) is 6.10 Å². The van der Waals surface area contributed by atoms with Crippen molar-refractivity contribution in [1.82, 2.24) is 0 Å². The second kappa shape index (κ2) is 6.08. The lowest BCUT2D eigenvalue weighted by Gasteiger charge is -2.18. The molecule has 1 rings (SSSR count). The van der Waals surface area contributed by atoms with Crippen LogP contribution in [0.25, 0.3) is 0 Å². The van der Waals surface area contributed by atoms with Crippen LogP contribution in [0.4, 0.5) is 13.2 Å². The minimum atomic E-state index is -4.66. The highest BCUT2D eigenvalue weighted by Crippen LogP contribution is 2.37. The smallest absolute Gasteiger partial charge is 0.419 e. The van der Waals surface area contributed by atoms with Crippen LogP contribution in [0.2, 0.25) is 0 Å². The van der Waals surface area contributed by atoms with E-state index in [0.29, 0.717) is 0 Å². The Morgan fingerprint density at radius 3 is 2.45 bits per heavy atom. The fourth-order valence-electron chi connectivity index (χ4n) is 1.41. The van der Waals surface area contributed by atoms with E-state index in [0.717, 1.165) is 19.2 Å². The lowest BCUT2D eigenvalue weighted by molar-refractivity contribution is -0.150. The molecule has 1 unspecified atom stereocenters. The number of nitrogens with two attached hydrogens (primary N) is 1. The lowest BCUT2D eigenvalue weighted by Crippen LogP contribution is -2.26. The van der Waals surface area contributed by atoms with Gasteiger partial charge in [-0.05, 0) is 25.1 Å². The Labute approximate surface area is 118 Å². The van der Waals surface area contributed by atoms with Crippen LogP contribution >= 0.6 is 12.2 Å². The van der Waals surface area contributed by atoms with Crippen LogP contribution in [-0.4, -0.2) is 24.2 Å². The van der Waals surface area contributed by atoms with Crippen molar-refractivity contribution in [3.63, 3.8) is 0 Å². The van der Waals surface area contributed by atoms with E-state index in [2.05, 4.69) is 17.0 Å². The summed E-state index contributed by atoms with van der Waals surface area (Å²) in [5.41, 5.74) is 4.30. The SMILES string of the molecule is COC(=O)C(C)Oc1ccc(C(N)=S)cc1C(F)(F)F. The summed E-state index contributed by atoms with van der Waals surface area (Å²) >= 11 is 4.63. The summed E-state index contributed by atoms with van der Waals surface area (Å²) in [5, 5.41) is 0. The average molecular weight is 307 g/mol. The van der Waals surface area contributed by atoms with E-state index in [4.69, 9.17) is 10.5 Å². The van der Waals surface area contributed by atoms with Crippen LogP contribution < -0.4 is 10.5 Å². The Morgan fingerprint density at radius 1 is 1.40 bits per heavy atom. The first-order valence-corrected chi connectivity index (χ1v) is 5.83. The average Bonchev–Trinajstić information content (AvgIpc) is 2.36. The summed E-state index contributed by atoms with van der Waals surface area (Å²) in [5.74, 6) is -1.27. The van der Waals surface area contributed by atoms with Gasteiger partial charge in [0.05, 0.1) is 12.7 Å². The first-order chi connectivity index (χ1) is 9.16. The zero-order chi connectivity index (χ0) is 15.5. The molecule has 0 saturated heterocycles. The molecular formula is C12H12F3NO3S. The number of esters is 1. The fraction of sp³-hybridized carbons (Fsp3) is 0.333. The molecule has 4 nitrogen and oxygen atoms in total. The number of carbonyl (C=O) groups is 1. The number of thiocarbonyl (C=S) groups is 1. The summed E-state index contributed by atoms with van der Waals surface area (Å²) < 4.78 is 48.2. The Bertz CT molecular complexity index is 531. The molecule has 0 aliphatic carbocycles. The molecule has 1 atom stereocenters. The van der Waals surface area contributed by atoms with Crippen molar-refractivity contribution in [2.24, 2.45) is 5.73 Å². The highest BCUT2D eigenvalue weighted by Gasteiger charge is 2.35. The number of rotatable bonds is 4. The number of halogens is 3. The summed E-state index contributed by atoms with van der Waals surface area (Å²) in [4.78, 5) is 11.0. The molecule has 2 N–H and O–H groups in total. The van der Waals surface area contributed by atoms with Crippen molar-refractivity contribution in [2.75, 3.05) is 7.11 Å². The summed E-state index contributed by atoms with van der Waals surface area (Å²) in [6, 6.07) is 3.13. The highest BCUT2D eigenvalue weighted by molar-refractivity contribution is 7.80. The van der Waals surface area contributed by atoms with Crippen molar-refractivity contribution in [3.05, 3.63) is 29.3 Å². The molecule has 8 heteroatoms.